The van der Waals surface area contributed by atoms with Crippen LogP contribution in [-0.4, -0.2) is 29.8 Å². The molecule has 3 rings (SSSR count). The number of nitrogens with zero attached hydrogens (tertiary/aromatic N) is 6. The molecule has 3 aromatic rings. The van der Waals surface area contributed by atoms with Crippen molar-refractivity contribution in [3.05, 3.63) is 41.7 Å². The SMILES string of the molecule is c1cc(NCc2csnn2)cc(-n2cnnn2)c1. The average molecular weight is 259 g/mol. The van der Waals surface area contributed by atoms with E-state index in [9.17, 15) is 0 Å². The van der Waals surface area contributed by atoms with Gasteiger partial charge in [-0.3, -0.25) is 0 Å². The minimum Gasteiger partial charge on any atom is -0.379 e. The van der Waals surface area contributed by atoms with Crippen LogP contribution in [0.15, 0.2) is 36.0 Å². The zero-order valence-corrected chi connectivity index (χ0v) is 10.1. The van der Waals surface area contributed by atoms with Gasteiger partial charge >= 0.3 is 0 Å². The second-order valence-electron chi connectivity index (χ2n) is 3.55. The number of anilines is 1. The molecule has 0 saturated heterocycles. The van der Waals surface area contributed by atoms with Crippen LogP contribution in [0, 0.1) is 0 Å². The molecular weight excluding hydrogens is 250 g/mol. The van der Waals surface area contributed by atoms with Gasteiger partial charge in [-0.2, -0.15) is 0 Å². The molecule has 18 heavy (non-hydrogen) atoms. The fourth-order valence-corrected chi connectivity index (χ4v) is 1.94. The molecule has 0 aliphatic heterocycles. The van der Waals surface area contributed by atoms with Crippen LogP contribution in [0.1, 0.15) is 5.69 Å². The van der Waals surface area contributed by atoms with Crippen molar-refractivity contribution < 1.29 is 0 Å². The van der Waals surface area contributed by atoms with Crippen molar-refractivity contribution in [1.82, 2.24) is 29.8 Å². The van der Waals surface area contributed by atoms with Crippen LogP contribution in [0.2, 0.25) is 0 Å². The summed E-state index contributed by atoms with van der Waals surface area (Å²) in [7, 11) is 0. The van der Waals surface area contributed by atoms with E-state index in [0.717, 1.165) is 17.1 Å². The number of nitrogens with one attached hydrogen (secondary N) is 1. The standard InChI is InChI=1S/C10H9N7S/c1-2-8(11-5-9-6-18-16-13-9)4-10(3-1)17-7-12-14-15-17/h1-4,6-7,11H,5H2. The topological polar surface area (TPSA) is 81.4 Å². The largest absolute Gasteiger partial charge is 0.379 e. The Labute approximate surface area is 107 Å². The van der Waals surface area contributed by atoms with E-state index in [1.54, 1.807) is 11.0 Å². The molecule has 0 aliphatic rings. The summed E-state index contributed by atoms with van der Waals surface area (Å²) >= 11 is 1.34. The Morgan fingerprint density at radius 1 is 1.33 bits per heavy atom. The highest BCUT2D eigenvalue weighted by Crippen LogP contribution is 2.14. The summed E-state index contributed by atoms with van der Waals surface area (Å²) < 4.78 is 5.42. The van der Waals surface area contributed by atoms with Crippen LogP contribution in [0.4, 0.5) is 5.69 Å². The van der Waals surface area contributed by atoms with Gasteiger partial charge in [0, 0.05) is 11.1 Å². The summed E-state index contributed by atoms with van der Waals surface area (Å²) in [5.41, 5.74) is 2.81. The van der Waals surface area contributed by atoms with Gasteiger partial charge in [0.2, 0.25) is 0 Å². The quantitative estimate of drug-likeness (QED) is 0.756. The van der Waals surface area contributed by atoms with Crippen LogP contribution in [0.3, 0.4) is 0 Å². The molecule has 2 heterocycles. The van der Waals surface area contributed by atoms with Gasteiger partial charge in [0.1, 0.15) is 6.33 Å². The number of rotatable bonds is 4. The smallest absolute Gasteiger partial charge is 0.143 e. The molecule has 7 nitrogen and oxygen atoms in total. The average Bonchev–Trinajstić information content (AvgIpc) is 3.10. The van der Waals surface area contributed by atoms with Gasteiger partial charge in [0.25, 0.3) is 0 Å². The molecule has 0 fully saturated rings. The Balaban J connectivity index is 1.75. The maximum atomic E-state index is 3.97. The molecule has 0 aliphatic carbocycles. The van der Waals surface area contributed by atoms with Crippen molar-refractivity contribution in [3.63, 3.8) is 0 Å². The normalized spacial score (nSPS) is 10.4. The number of hydrogen-bond donors (Lipinski definition) is 1. The fraction of sp³-hybridized carbons (Fsp3) is 0.100. The number of tetrazole rings is 1. The third kappa shape index (κ3) is 2.33. The van der Waals surface area contributed by atoms with Gasteiger partial charge in [0.15, 0.2) is 0 Å². The highest BCUT2D eigenvalue weighted by atomic mass is 32.1. The Morgan fingerprint density at radius 3 is 3.11 bits per heavy atom. The lowest BCUT2D eigenvalue weighted by Crippen LogP contribution is -2.01. The van der Waals surface area contributed by atoms with Gasteiger partial charge in [-0.15, -0.1) is 10.2 Å². The predicted molar refractivity (Wildman–Crippen MR) is 66.4 cm³/mol. The molecule has 0 saturated carbocycles. The number of aromatic nitrogens is 6. The Kier molecular flexibility index (Phi) is 2.92. The molecule has 0 atom stereocenters. The van der Waals surface area contributed by atoms with Crippen LogP contribution in [0.25, 0.3) is 5.69 Å². The zero-order valence-electron chi connectivity index (χ0n) is 9.26. The molecule has 0 radical (unpaired) electrons. The predicted octanol–water partition coefficient (Wildman–Crippen LogP) is 1.13. The van der Waals surface area contributed by atoms with Crippen LogP contribution in [-0.2, 0) is 6.54 Å². The lowest BCUT2D eigenvalue weighted by Gasteiger charge is -2.06. The number of benzene rings is 1. The van der Waals surface area contributed by atoms with Gasteiger partial charge < -0.3 is 5.32 Å². The third-order valence-electron chi connectivity index (χ3n) is 2.34. The fourth-order valence-electron chi connectivity index (χ4n) is 1.49. The second-order valence-corrected chi connectivity index (χ2v) is 4.16. The van der Waals surface area contributed by atoms with Crippen molar-refractivity contribution >= 4 is 17.2 Å². The summed E-state index contributed by atoms with van der Waals surface area (Å²) in [6.45, 7) is 0.648. The van der Waals surface area contributed by atoms with Gasteiger partial charge in [-0.25, -0.2) is 4.68 Å². The molecule has 8 heteroatoms. The van der Waals surface area contributed by atoms with E-state index in [1.165, 1.54) is 11.5 Å². The van der Waals surface area contributed by atoms with Gasteiger partial charge in [-0.05, 0) is 40.2 Å². The Morgan fingerprint density at radius 2 is 2.33 bits per heavy atom. The van der Waals surface area contributed by atoms with Crippen molar-refractivity contribution in [1.29, 1.82) is 0 Å². The van der Waals surface area contributed by atoms with Crippen molar-refractivity contribution in [2.45, 2.75) is 6.54 Å². The minimum atomic E-state index is 0.648. The van der Waals surface area contributed by atoms with E-state index in [2.05, 4.69) is 30.4 Å². The van der Waals surface area contributed by atoms with Crippen molar-refractivity contribution in [3.8, 4) is 5.69 Å². The molecule has 0 unspecified atom stereocenters. The molecule has 0 spiro atoms. The minimum absolute atomic E-state index is 0.648. The van der Waals surface area contributed by atoms with Crippen molar-refractivity contribution in [2.24, 2.45) is 0 Å². The first-order valence-corrected chi connectivity index (χ1v) is 6.09. The first-order chi connectivity index (χ1) is 8.92. The summed E-state index contributed by atoms with van der Waals surface area (Å²) in [5.74, 6) is 0. The monoisotopic (exact) mass is 259 g/mol. The van der Waals surface area contributed by atoms with Crippen LogP contribution in [0.5, 0.6) is 0 Å². The highest BCUT2D eigenvalue weighted by Gasteiger charge is 2.00. The van der Waals surface area contributed by atoms with Crippen LogP contribution < -0.4 is 5.32 Å². The van der Waals surface area contributed by atoms with E-state index in [1.807, 2.05) is 29.6 Å². The molecular formula is C10H9N7S. The first-order valence-electron chi connectivity index (χ1n) is 5.25. The lowest BCUT2D eigenvalue weighted by molar-refractivity contribution is 0.789. The lowest BCUT2D eigenvalue weighted by atomic mass is 10.2. The van der Waals surface area contributed by atoms with Crippen LogP contribution >= 0.6 is 11.5 Å². The highest BCUT2D eigenvalue weighted by molar-refractivity contribution is 7.03. The summed E-state index contributed by atoms with van der Waals surface area (Å²) in [4.78, 5) is 0. The Bertz CT molecular complexity index is 605. The zero-order chi connectivity index (χ0) is 12.2. The molecule has 1 aromatic carbocycles. The molecule has 2 aromatic heterocycles. The first kappa shape index (κ1) is 10.8. The summed E-state index contributed by atoms with van der Waals surface area (Å²) in [5, 5.41) is 20.2. The molecule has 0 bridgehead atoms. The summed E-state index contributed by atoms with van der Waals surface area (Å²) in [6.07, 6.45) is 1.56. The van der Waals surface area contributed by atoms with Crippen molar-refractivity contribution in [2.75, 3.05) is 5.32 Å². The van der Waals surface area contributed by atoms with Gasteiger partial charge in [-0.1, -0.05) is 10.6 Å². The molecule has 90 valence electrons. The summed E-state index contributed by atoms with van der Waals surface area (Å²) in [6, 6.07) is 7.83. The van der Waals surface area contributed by atoms with E-state index in [0.29, 0.717) is 6.54 Å². The number of hydrogen-bond acceptors (Lipinski definition) is 7. The molecule has 1 N–H and O–H groups in total. The molecule has 0 amide bonds. The third-order valence-corrected chi connectivity index (χ3v) is 2.89. The van der Waals surface area contributed by atoms with E-state index < -0.39 is 0 Å². The van der Waals surface area contributed by atoms with E-state index in [4.69, 9.17) is 0 Å². The van der Waals surface area contributed by atoms with Gasteiger partial charge in [0.05, 0.1) is 17.9 Å². The van der Waals surface area contributed by atoms with E-state index in [-0.39, 0.29) is 0 Å². The maximum Gasteiger partial charge on any atom is 0.143 e. The Hall–Kier alpha value is -2.35. The second kappa shape index (κ2) is 4.88. The van der Waals surface area contributed by atoms with E-state index >= 15 is 0 Å². The maximum absolute atomic E-state index is 3.97.